The Bertz CT molecular complexity index is 668. The van der Waals surface area contributed by atoms with Crippen LogP contribution in [0.2, 0.25) is 0 Å². The SMILES string of the molecule is O=S1(=O)CCC(NCCS(=O)(=O)c2ccc(Br)cc2)C1. The third-order valence-electron chi connectivity index (χ3n) is 3.21. The summed E-state index contributed by atoms with van der Waals surface area (Å²) < 4.78 is 47.6. The van der Waals surface area contributed by atoms with E-state index in [0.29, 0.717) is 6.42 Å². The van der Waals surface area contributed by atoms with Crippen LogP contribution in [0.3, 0.4) is 0 Å². The van der Waals surface area contributed by atoms with E-state index in [1.54, 1.807) is 24.3 Å². The number of sulfone groups is 2. The Morgan fingerprint density at radius 2 is 1.90 bits per heavy atom. The molecule has 5 nitrogen and oxygen atoms in total. The summed E-state index contributed by atoms with van der Waals surface area (Å²) in [7, 11) is -6.27. The van der Waals surface area contributed by atoms with Crippen molar-refractivity contribution >= 4 is 35.6 Å². The Morgan fingerprint density at radius 1 is 1.25 bits per heavy atom. The Hall–Kier alpha value is -0.440. The van der Waals surface area contributed by atoms with Crippen LogP contribution >= 0.6 is 15.9 Å². The van der Waals surface area contributed by atoms with Crippen molar-refractivity contribution in [3.05, 3.63) is 28.7 Å². The second kappa shape index (κ2) is 6.13. The second-order valence-corrected chi connectivity index (χ2v) is 10.1. The van der Waals surface area contributed by atoms with Gasteiger partial charge in [0.15, 0.2) is 19.7 Å². The zero-order chi connectivity index (χ0) is 14.8. The lowest BCUT2D eigenvalue weighted by Gasteiger charge is -2.10. The fourth-order valence-corrected chi connectivity index (χ4v) is 5.26. The standard InChI is InChI=1S/C12H16BrNO4S2/c13-10-1-3-12(4-2-10)20(17,18)8-6-14-11-5-7-19(15,16)9-11/h1-4,11,14H,5-9H2. The second-order valence-electron chi connectivity index (χ2n) is 4.83. The maximum Gasteiger partial charge on any atom is 0.179 e. The van der Waals surface area contributed by atoms with E-state index >= 15 is 0 Å². The molecule has 2 rings (SSSR count). The van der Waals surface area contributed by atoms with Crippen LogP contribution < -0.4 is 5.32 Å². The predicted octanol–water partition coefficient (Wildman–Crippen LogP) is 1.000. The predicted molar refractivity (Wildman–Crippen MR) is 81.3 cm³/mol. The molecule has 1 aromatic carbocycles. The first-order valence-corrected chi connectivity index (χ1v) is 10.5. The lowest BCUT2D eigenvalue weighted by atomic mass is 10.3. The van der Waals surface area contributed by atoms with Crippen molar-refractivity contribution in [1.29, 1.82) is 0 Å². The van der Waals surface area contributed by atoms with E-state index < -0.39 is 19.7 Å². The summed E-state index contributed by atoms with van der Waals surface area (Å²) in [6, 6.07) is 6.35. The van der Waals surface area contributed by atoms with Gasteiger partial charge in [-0.2, -0.15) is 0 Å². The molecule has 0 aromatic heterocycles. The summed E-state index contributed by atoms with van der Waals surface area (Å²) in [6.07, 6.45) is 0.556. The summed E-state index contributed by atoms with van der Waals surface area (Å²) in [5.74, 6) is 0.251. The van der Waals surface area contributed by atoms with Gasteiger partial charge in [-0.1, -0.05) is 15.9 Å². The number of rotatable bonds is 5. The van der Waals surface area contributed by atoms with E-state index in [4.69, 9.17) is 0 Å². The molecular weight excluding hydrogens is 366 g/mol. The van der Waals surface area contributed by atoms with Crippen molar-refractivity contribution in [2.75, 3.05) is 23.8 Å². The van der Waals surface area contributed by atoms with E-state index in [-0.39, 0.29) is 34.7 Å². The molecule has 0 radical (unpaired) electrons. The van der Waals surface area contributed by atoms with Crippen LogP contribution in [0.25, 0.3) is 0 Å². The lowest BCUT2D eigenvalue weighted by molar-refractivity contribution is 0.560. The molecule has 8 heteroatoms. The first-order valence-electron chi connectivity index (χ1n) is 6.21. The Labute approximate surface area is 127 Å². The molecule has 1 aliphatic rings. The van der Waals surface area contributed by atoms with Crippen LogP contribution in [-0.4, -0.2) is 46.7 Å². The fourth-order valence-electron chi connectivity index (χ4n) is 2.11. The highest BCUT2D eigenvalue weighted by molar-refractivity contribution is 9.10. The minimum atomic E-state index is -3.33. The van der Waals surface area contributed by atoms with Gasteiger partial charge in [0.1, 0.15) is 0 Å². The highest BCUT2D eigenvalue weighted by Crippen LogP contribution is 2.16. The largest absolute Gasteiger partial charge is 0.312 e. The van der Waals surface area contributed by atoms with Crippen LogP contribution in [0, 0.1) is 0 Å². The van der Waals surface area contributed by atoms with Gasteiger partial charge in [0.05, 0.1) is 22.2 Å². The van der Waals surface area contributed by atoms with Crippen LogP contribution in [-0.2, 0) is 19.7 Å². The van der Waals surface area contributed by atoms with Crippen LogP contribution in [0.4, 0.5) is 0 Å². The van der Waals surface area contributed by atoms with E-state index in [1.807, 2.05) is 0 Å². The molecule has 1 fully saturated rings. The summed E-state index contributed by atoms with van der Waals surface area (Å²) in [5, 5.41) is 3.01. The molecule has 1 aliphatic heterocycles. The molecule has 1 unspecified atom stereocenters. The van der Waals surface area contributed by atoms with Crippen molar-refractivity contribution < 1.29 is 16.8 Å². The number of nitrogens with one attached hydrogen (secondary N) is 1. The molecule has 0 spiro atoms. The van der Waals surface area contributed by atoms with Crippen molar-refractivity contribution in [2.24, 2.45) is 0 Å². The average molecular weight is 382 g/mol. The Morgan fingerprint density at radius 3 is 2.45 bits per heavy atom. The van der Waals surface area contributed by atoms with Crippen molar-refractivity contribution in [2.45, 2.75) is 17.4 Å². The topological polar surface area (TPSA) is 80.3 Å². The van der Waals surface area contributed by atoms with Crippen molar-refractivity contribution in [3.8, 4) is 0 Å². The number of benzene rings is 1. The van der Waals surface area contributed by atoms with Gasteiger partial charge in [0.2, 0.25) is 0 Å². The quantitative estimate of drug-likeness (QED) is 0.822. The van der Waals surface area contributed by atoms with Crippen LogP contribution in [0.15, 0.2) is 33.6 Å². The molecular formula is C12H16BrNO4S2. The normalized spacial score (nSPS) is 21.9. The summed E-state index contributed by atoms with van der Waals surface area (Å²) >= 11 is 3.26. The molecule has 0 bridgehead atoms. The molecule has 1 saturated heterocycles. The Kier molecular flexibility index (Phi) is 4.88. The number of hydrogen-bond donors (Lipinski definition) is 1. The van der Waals surface area contributed by atoms with Gasteiger partial charge >= 0.3 is 0 Å². The van der Waals surface area contributed by atoms with Crippen LogP contribution in [0.5, 0.6) is 0 Å². The van der Waals surface area contributed by atoms with Crippen molar-refractivity contribution in [3.63, 3.8) is 0 Å². The van der Waals surface area contributed by atoms with Crippen LogP contribution in [0.1, 0.15) is 6.42 Å². The zero-order valence-electron chi connectivity index (χ0n) is 10.7. The monoisotopic (exact) mass is 381 g/mol. The lowest BCUT2D eigenvalue weighted by Crippen LogP contribution is -2.34. The highest BCUT2D eigenvalue weighted by atomic mass is 79.9. The highest BCUT2D eigenvalue weighted by Gasteiger charge is 2.27. The first kappa shape index (κ1) is 15.9. The molecule has 0 aliphatic carbocycles. The molecule has 0 amide bonds. The van der Waals surface area contributed by atoms with Gasteiger partial charge < -0.3 is 5.32 Å². The van der Waals surface area contributed by atoms with Gasteiger partial charge in [0.25, 0.3) is 0 Å². The van der Waals surface area contributed by atoms with Gasteiger partial charge in [-0.05, 0) is 30.7 Å². The molecule has 1 aromatic rings. The van der Waals surface area contributed by atoms with E-state index in [2.05, 4.69) is 21.2 Å². The minimum Gasteiger partial charge on any atom is -0.312 e. The third-order valence-corrected chi connectivity index (χ3v) is 7.24. The fraction of sp³-hybridized carbons (Fsp3) is 0.500. The minimum absolute atomic E-state index is 0.0365. The first-order chi connectivity index (χ1) is 9.28. The van der Waals surface area contributed by atoms with Crippen molar-refractivity contribution in [1.82, 2.24) is 5.32 Å². The molecule has 0 saturated carbocycles. The van der Waals surface area contributed by atoms with E-state index in [0.717, 1.165) is 4.47 Å². The number of hydrogen-bond acceptors (Lipinski definition) is 5. The maximum atomic E-state index is 12.1. The smallest absolute Gasteiger partial charge is 0.179 e. The average Bonchev–Trinajstić information content (AvgIpc) is 2.69. The third kappa shape index (κ3) is 4.28. The van der Waals surface area contributed by atoms with E-state index in [1.165, 1.54) is 0 Å². The zero-order valence-corrected chi connectivity index (χ0v) is 14.0. The molecule has 1 heterocycles. The number of halogens is 1. The molecule has 20 heavy (non-hydrogen) atoms. The summed E-state index contributed by atoms with van der Waals surface area (Å²) in [6.45, 7) is 0.262. The maximum absolute atomic E-state index is 12.1. The summed E-state index contributed by atoms with van der Waals surface area (Å²) in [5.41, 5.74) is 0. The van der Waals surface area contributed by atoms with Gasteiger partial charge in [-0.15, -0.1) is 0 Å². The van der Waals surface area contributed by atoms with Gasteiger partial charge in [-0.25, -0.2) is 16.8 Å². The summed E-state index contributed by atoms with van der Waals surface area (Å²) in [4.78, 5) is 0.279. The van der Waals surface area contributed by atoms with Gasteiger partial charge in [0, 0.05) is 17.1 Å². The van der Waals surface area contributed by atoms with E-state index in [9.17, 15) is 16.8 Å². The molecule has 1 N–H and O–H groups in total. The Balaban J connectivity index is 1.89. The molecule has 1 atom stereocenters. The molecule has 112 valence electrons. The van der Waals surface area contributed by atoms with Gasteiger partial charge in [-0.3, -0.25) is 0 Å².